The molecule has 5 heteroatoms. The minimum absolute atomic E-state index is 0.163. The Morgan fingerprint density at radius 1 is 1.29 bits per heavy atom. The number of hydrogen-bond acceptors (Lipinski definition) is 5. The molecule has 96 valence electrons. The van der Waals surface area contributed by atoms with E-state index in [9.17, 15) is 5.11 Å². The van der Waals surface area contributed by atoms with Crippen molar-refractivity contribution in [2.24, 2.45) is 0 Å². The highest BCUT2D eigenvalue weighted by atomic mass is 16.5. The maximum atomic E-state index is 9.46. The molecule has 0 bridgehead atoms. The van der Waals surface area contributed by atoms with Crippen molar-refractivity contribution in [2.45, 2.75) is 57.2 Å². The van der Waals surface area contributed by atoms with Crippen molar-refractivity contribution in [1.29, 1.82) is 0 Å². The minimum atomic E-state index is -0.518. The quantitative estimate of drug-likeness (QED) is 0.874. The molecule has 0 radical (unpaired) electrons. The highest BCUT2D eigenvalue weighted by Crippen LogP contribution is 2.33. The van der Waals surface area contributed by atoms with Crippen molar-refractivity contribution in [3.05, 3.63) is 11.7 Å². The lowest BCUT2D eigenvalue weighted by molar-refractivity contribution is 0.00973. The molecule has 5 nitrogen and oxygen atoms in total. The van der Waals surface area contributed by atoms with Crippen LogP contribution in [0.25, 0.3) is 0 Å². The first-order valence-electron chi connectivity index (χ1n) is 6.10. The second kappa shape index (κ2) is 4.74. The molecule has 0 aliphatic heterocycles. The molecule has 0 spiro atoms. The molecule has 0 amide bonds. The van der Waals surface area contributed by atoms with Crippen LogP contribution in [0, 0.1) is 0 Å². The van der Waals surface area contributed by atoms with E-state index in [1.807, 2.05) is 13.8 Å². The molecule has 1 heterocycles. The molecule has 1 fully saturated rings. The number of methoxy groups -OCH3 is 1. The zero-order chi connectivity index (χ0) is 12.5. The SMILES string of the molecule is COC(C)(C)c1noc(C2CCC(O)CC2)n1. The summed E-state index contributed by atoms with van der Waals surface area (Å²) in [6, 6.07) is 0. The third-order valence-electron chi connectivity index (χ3n) is 3.54. The Morgan fingerprint density at radius 2 is 1.94 bits per heavy atom. The van der Waals surface area contributed by atoms with Gasteiger partial charge in [-0.25, -0.2) is 0 Å². The molecule has 0 atom stereocenters. The first-order chi connectivity index (χ1) is 8.03. The molecule has 1 saturated carbocycles. The average molecular weight is 240 g/mol. The van der Waals surface area contributed by atoms with E-state index in [-0.39, 0.29) is 12.0 Å². The maximum absolute atomic E-state index is 9.46. The number of ether oxygens (including phenoxy) is 1. The zero-order valence-corrected chi connectivity index (χ0v) is 10.6. The standard InChI is InChI=1S/C12H20N2O3/c1-12(2,16-3)11-13-10(17-14-11)8-4-6-9(15)7-5-8/h8-9,15H,4-7H2,1-3H3. The summed E-state index contributed by atoms with van der Waals surface area (Å²) in [5, 5.41) is 13.4. The molecular formula is C12H20N2O3. The van der Waals surface area contributed by atoms with Crippen LogP contribution in [-0.2, 0) is 10.3 Å². The first-order valence-corrected chi connectivity index (χ1v) is 6.10. The van der Waals surface area contributed by atoms with Crippen molar-refractivity contribution in [3.8, 4) is 0 Å². The van der Waals surface area contributed by atoms with Crippen LogP contribution < -0.4 is 0 Å². The van der Waals surface area contributed by atoms with Gasteiger partial charge in [0.15, 0.2) is 0 Å². The molecule has 17 heavy (non-hydrogen) atoms. The highest BCUT2D eigenvalue weighted by molar-refractivity contribution is 5.01. The summed E-state index contributed by atoms with van der Waals surface area (Å²) in [5.74, 6) is 1.55. The number of aliphatic hydroxyl groups excluding tert-OH is 1. The monoisotopic (exact) mass is 240 g/mol. The second-order valence-electron chi connectivity index (χ2n) is 5.18. The minimum Gasteiger partial charge on any atom is -0.393 e. The van der Waals surface area contributed by atoms with Gasteiger partial charge in [-0.2, -0.15) is 4.98 Å². The van der Waals surface area contributed by atoms with Gasteiger partial charge in [0.1, 0.15) is 5.60 Å². The van der Waals surface area contributed by atoms with Crippen LogP contribution in [0.2, 0.25) is 0 Å². The predicted octanol–water partition coefficient (Wildman–Crippen LogP) is 1.97. The number of nitrogens with zero attached hydrogens (tertiary/aromatic N) is 2. The summed E-state index contributed by atoms with van der Waals surface area (Å²) in [6.07, 6.45) is 3.29. The van der Waals surface area contributed by atoms with E-state index in [4.69, 9.17) is 9.26 Å². The van der Waals surface area contributed by atoms with Gasteiger partial charge in [-0.1, -0.05) is 5.16 Å². The fourth-order valence-corrected chi connectivity index (χ4v) is 2.06. The van der Waals surface area contributed by atoms with Crippen LogP contribution in [0.15, 0.2) is 4.52 Å². The molecular weight excluding hydrogens is 220 g/mol. The van der Waals surface area contributed by atoms with Crippen molar-refractivity contribution in [2.75, 3.05) is 7.11 Å². The van der Waals surface area contributed by atoms with Crippen LogP contribution >= 0.6 is 0 Å². The van der Waals surface area contributed by atoms with Gasteiger partial charge >= 0.3 is 0 Å². The Balaban J connectivity index is 2.08. The topological polar surface area (TPSA) is 68.4 Å². The summed E-state index contributed by atoms with van der Waals surface area (Å²) in [5.41, 5.74) is -0.518. The molecule has 1 aliphatic rings. The van der Waals surface area contributed by atoms with Crippen LogP contribution in [0.1, 0.15) is 57.2 Å². The van der Waals surface area contributed by atoms with Gasteiger partial charge in [0.25, 0.3) is 0 Å². The summed E-state index contributed by atoms with van der Waals surface area (Å²) in [4.78, 5) is 4.42. The third kappa shape index (κ3) is 2.66. The van der Waals surface area contributed by atoms with Crippen molar-refractivity contribution in [1.82, 2.24) is 10.1 Å². The molecule has 1 aromatic rings. The van der Waals surface area contributed by atoms with Gasteiger partial charge in [-0.3, -0.25) is 0 Å². The molecule has 1 aromatic heterocycles. The summed E-state index contributed by atoms with van der Waals surface area (Å²) in [7, 11) is 1.63. The lowest BCUT2D eigenvalue weighted by atomic mass is 9.87. The van der Waals surface area contributed by atoms with Gasteiger partial charge in [0, 0.05) is 13.0 Å². The first kappa shape index (κ1) is 12.5. The van der Waals surface area contributed by atoms with E-state index in [1.165, 1.54) is 0 Å². The Kier molecular flexibility index (Phi) is 3.49. The molecule has 0 saturated heterocycles. The molecule has 0 unspecified atom stereocenters. The third-order valence-corrected chi connectivity index (χ3v) is 3.54. The van der Waals surface area contributed by atoms with Crippen molar-refractivity contribution >= 4 is 0 Å². The molecule has 1 aliphatic carbocycles. The Labute approximate surface area is 101 Å². The Morgan fingerprint density at radius 3 is 2.53 bits per heavy atom. The highest BCUT2D eigenvalue weighted by Gasteiger charge is 2.30. The fraction of sp³-hybridized carbons (Fsp3) is 0.833. The van der Waals surface area contributed by atoms with Gasteiger partial charge in [-0.05, 0) is 39.5 Å². The molecule has 2 rings (SSSR count). The van der Waals surface area contributed by atoms with Gasteiger partial charge in [0.05, 0.1) is 6.10 Å². The average Bonchev–Trinajstić information content (AvgIpc) is 2.80. The lowest BCUT2D eigenvalue weighted by Crippen LogP contribution is -2.21. The van der Waals surface area contributed by atoms with E-state index in [2.05, 4.69) is 10.1 Å². The normalized spacial score (nSPS) is 26.1. The second-order valence-corrected chi connectivity index (χ2v) is 5.18. The summed E-state index contributed by atoms with van der Waals surface area (Å²) >= 11 is 0. The summed E-state index contributed by atoms with van der Waals surface area (Å²) in [6.45, 7) is 3.82. The largest absolute Gasteiger partial charge is 0.393 e. The smallest absolute Gasteiger partial charge is 0.229 e. The van der Waals surface area contributed by atoms with Gasteiger partial charge < -0.3 is 14.4 Å². The molecule has 0 aromatic carbocycles. The van der Waals surface area contributed by atoms with Gasteiger partial charge in [0.2, 0.25) is 11.7 Å². The number of hydrogen-bond donors (Lipinski definition) is 1. The van der Waals surface area contributed by atoms with Gasteiger partial charge in [-0.15, -0.1) is 0 Å². The van der Waals surface area contributed by atoms with E-state index < -0.39 is 5.60 Å². The molecule has 1 N–H and O–H groups in total. The van der Waals surface area contributed by atoms with Crippen LogP contribution in [0.4, 0.5) is 0 Å². The van der Waals surface area contributed by atoms with Crippen molar-refractivity contribution < 1.29 is 14.4 Å². The van der Waals surface area contributed by atoms with Crippen molar-refractivity contribution in [3.63, 3.8) is 0 Å². The summed E-state index contributed by atoms with van der Waals surface area (Å²) < 4.78 is 10.6. The number of aromatic nitrogens is 2. The maximum Gasteiger partial charge on any atom is 0.229 e. The lowest BCUT2D eigenvalue weighted by Gasteiger charge is -2.22. The van der Waals surface area contributed by atoms with Crippen LogP contribution in [0.3, 0.4) is 0 Å². The predicted molar refractivity (Wildman–Crippen MR) is 61.5 cm³/mol. The van der Waals surface area contributed by atoms with E-state index >= 15 is 0 Å². The van der Waals surface area contributed by atoms with E-state index in [1.54, 1.807) is 7.11 Å². The number of rotatable bonds is 3. The fourth-order valence-electron chi connectivity index (χ4n) is 2.06. The Bertz CT molecular complexity index is 368. The van der Waals surface area contributed by atoms with E-state index in [0.717, 1.165) is 25.7 Å². The van der Waals surface area contributed by atoms with E-state index in [0.29, 0.717) is 11.7 Å². The number of aliphatic hydroxyl groups is 1. The van der Waals surface area contributed by atoms with Crippen LogP contribution in [-0.4, -0.2) is 28.5 Å². The Hall–Kier alpha value is -0.940. The van der Waals surface area contributed by atoms with Crippen LogP contribution in [0.5, 0.6) is 0 Å². The zero-order valence-electron chi connectivity index (χ0n) is 10.6.